The van der Waals surface area contributed by atoms with Crippen molar-refractivity contribution >= 4 is 11.9 Å². The number of carboxylic acid groups (broad SMARTS) is 2. The molecule has 0 aromatic rings. The van der Waals surface area contributed by atoms with Crippen LogP contribution in [0.1, 0.15) is 19.3 Å². The van der Waals surface area contributed by atoms with Gasteiger partial charge in [-0.15, -0.1) is 0 Å². The van der Waals surface area contributed by atoms with Crippen molar-refractivity contribution in [1.82, 2.24) is 0 Å². The van der Waals surface area contributed by atoms with Crippen LogP contribution in [0, 0.1) is 0 Å². The molecule has 0 amide bonds. The Labute approximate surface area is 109 Å². The second-order valence-electron chi connectivity index (χ2n) is 5.12. The average Bonchev–Trinajstić information content (AvgIpc) is 2.67. The van der Waals surface area contributed by atoms with E-state index in [1.165, 1.54) is 0 Å². The number of rotatable bonds is 4. The van der Waals surface area contributed by atoms with Crippen LogP contribution < -0.4 is 15.9 Å². The molecule has 0 radical (unpaired) electrons. The number of aliphatic carboxylic acids is 2. The minimum absolute atomic E-state index is 0.00792. The molecular formula is C11H16NO7-. The van der Waals surface area contributed by atoms with Crippen molar-refractivity contribution in [2.75, 3.05) is 6.61 Å². The Morgan fingerprint density at radius 3 is 2.68 bits per heavy atom. The zero-order chi connectivity index (χ0) is 14.2. The molecule has 2 heterocycles. The van der Waals surface area contributed by atoms with Gasteiger partial charge >= 0.3 is 0 Å². The zero-order valence-electron chi connectivity index (χ0n) is 10.2. The van der Waals surface area contributed by atoms with Crippen molar-refractivity contribution in [1.29, 1.82) is 0 Å². The number of fused-ring (bicyclic) bond motifs is 1. The highest BCUT2D eigenvalue weighted by atomic mass is 16.6. The molecule has 2 aliphatic rings. The van der Waals surface area contributed by atoms with Gasteiger partial charge in [-0.1, -0.05) is 0 Å². The number of quaternary nitrogens is 1. The van der Waals surface area contributed by atoms with E-state index in [0.717, 1.165) is 0 Å². The van der Waals surface area contributed by atoms with Gasteiger partial charge in [-0.3, -0.25) is 0 Å². The van der Waals surface area contributed by atoms with Crippen molar-refractivity contribution in [3.05, 3.63) is 0 Å². The average molecular weight is 274 g/mol. The highest BCUT2D eigenvalue weighted by molar-refractivity contribution is 5.78. The largest absolute Gasteiger partial charge is 0.547 e. The number of hydrogen-bond donors (Lipinski definition) is 2. The SMILES string of the molecule is [NH3+][C@@H](C[C@]1(C(=O)[O-])CC2OC[C@@H](O)CC2O1)C(=O)[O-]. The minimum Gasteiger partial charge on any atom is -0.547 e. The van der Waals surface area contributed by atoms with Crippen LogP contribution in [0.4, 0.5) is 0 Å². The van der Waals surface area contributed by atoms with E-state index in [0.29, 0.717) is 0 Å². The van der Waals surface area contributed by atoms with E-state index in [1.54, 1.807) is 0 Å². The van der Waals surface area contributed by atoms with E-state index in [9.17, 15) is 24.9 Å². The number of carbonyl (C=O) groups excluding carboxylic acids is 2. The summed E-state index contributed by atoms with van der Waals surface area (Å²) in [6.45, 7) is 0.113. The molecule has 8 heteroatoms. The molecule has 0 bridgehead atoms. The van der Waals surface area contributed by atoms with Gasteiger partial charge in [0.1, 0.15) is 11.6 Å². The van der Waals surface area contributed by atoms with E-state index in [-0.39, 0.29) is 25.9 Å². The summed E-state index contributed by atoms with van der Waals surface area (Å²) in [5, 5.41) is 31.5. The molecule has 0 spiro atoms. The highest BCUT2D eigenvalue weighted by Crippen LogP contribution is 2.39. The summed E-state index contributed by atoms with van der Waals surface area (Å²) in [5.74, 6) is -2.94. The molecule has 2 aliphatic heterocycles. The molecule has 108 valence electrons. The number of carbonyl (C=O) groups is 2. The quantitative estimate of drug-likeness (QED) is 0.522. The highest BCUT2D eigenvalue weighted by Gasteiger charge is 2.51. The molecule has 0 saturated carbocycles. The first-order chi connectivity index (χ1) is 8.84. The fraction of sp³-hybridized carbons (Fsp3) is 0.818. The predicted octanol–water partition coefficient (Wildman–Crippen LogP) is -4.84. The van der Waals surface area contributed by atoms with E-state index in [4.69, 9.17) is 9.47 Å². The number of hydrogen-bond acceptors (Lipinski definition) is 7. The summed E-state index contributed by atoms with van der Waals surface area (Å²) in [6.07, 6.45) is -1.86. The summed E-state index contributed by atoms with van der Waals surface area (Å²) in [6, 6.07) is -1.22. The second kappa shape index (κ2) is 5.04. The van der Waals surface area contributed by atoms with Gasteiger partial charge in [0, 0.05) is 19.3 Å². The zero-order valence-corrected chi connectivity index (χ0v) is 10.2. The molecule has 5 atom stereocenters. The van der Waals surface area contributed by atoms with Gasteiger partial charge in [0.05, 0.1) is 36.9 Å². The predicted molar refractivity (Wildman–Crippen MR) is 53.9 cm³/mol. The van der Waals surface area contributed by atoms with Crippen LogP contribution >= 0.6 is 0 Å². The Hall–Kier alpha value is -1.22. The van der Waals surface area contributed by atoms with Gasteiger partial charge in [0.25, 0.3) is 0 Å². The molecule has 2 fully saturated rings. The first-order valence-electron chi connectivity index (χ1n) is 6.07. The number of aliphatic hydroxyl groups is 1. The lowest BCUT2D eigenvalue weighted by Gasteiger charge is -2.32. The maximum absolute atomic E-state index is 11.3. The molecule has 2 unspecified atom stereocenters. The second-order valence-corrected chi connectivity index (χ2v) is 5.12. The van der Waals surface area contributed by atoms with E-state index >= 15 is 0 Å². The van der Waals surface area contributed by atoms with Crippen LogP contribution in [-0.4, -0.2) is 53.6 Å². The Kier molecular flexibility index (Phi) is 3.77. The van der Waals surface area contributed by atoms with Crippen molar-refractivity contribution < 1.29 is 40.1 Å². The fourth-order valence-electron chi connectivity index (χ4n) is 2.63. The van der Waals surface area contributed by atoms with Crippen LogP contribution in [0.15, 0.2) is 0 Å². The third-order valence-electron chi connectivity index (χ3n) is 3.61. The molecule has 0 aromatic carbocycles. The Morgan fingerprint density at radius 1 is 1.42 bits per heavy atom. The van der Waals surface area contributed by atoms with Crippen LogP contribution in [-0.2, 0) is 19.1 Å². The smallest absolute Gasteiger partial charge is 0.128 e. The topological polar surface area (TPSA) is 147 Å². The summed E-state index contributed by atoms with van der Waals surface area (Å²) in [5.41, 5.74) is 1.59. The Balaban J connectivity index is 2.14. The summed E-state index contributed by atoms with van der Waals surface area (Å²) in [4.78, 5) is 22.0. The van der Waals surface area contributed by atoms with E-state index < -0.39 is 41.9 Å². The molecule has 2 rings (SSSR count). The van der Waals surface area contributed by atoms with E-state index in [2.05, 4.69) is 5.73 Å². The lowest BCUT2D eigenvalue weighted by molar-refractivity contribution is -0.444. The molecule has 0 aliphatic carbocycles. The van der Waals surface area contributed by atoms with Gasteiger partial charge in [-0.25, -0.2) is 0 Å². The maximum atomic E-state index is 11.3. The lowest BCUT2D eigenvalue weighted by atomic mass is 9.90. The Morgan fingerprint density at radius 2 is 2.11 bits per heavy atom. The third-order valence-corrected chi connectivity index (χ3v) is 3.61. The molecule has 8 nitrogen and oxygen atoms in total. The van der Waals surface area contributed by atoms with Gasteiger partial charge in [-0.05, 0) is 0 Å². The van der Waals surface area contributed by atoms with Crippen molar-refractivity contribution in [2.45, 2.75) is 49.2 Å². The monoisotopic (exact) mass is 274 g/mol. The van der Waals surface area contributed by atoms with Crippen molar-refractivity contribution in [3.8, 4) is 0 Å². The van der Waals surface area contributed by atoms with Crippen molar-refractivity contribution in [2.24, 2.45) is 0 Å². The standard InChI is InChI=1S/C11H17NO7/c12-6(9(14)15)2-11(10(16)17)3-8-7(19-11)1-5(13)4-18-8/h5-8,13H,1-4,12H2,(H,14,15)(H,16,17)/p-1/t5-,6-,7?,8?,11+/m0/s1. The minimum atomic E-state index is -1.74. The van der Waals surface area contributed by atoms with Gasteiger partial charge in [-0.2, -0.15) is 0 Å². The molecule has 0 aromatic heterocycles. The first-order valence-corrected chi connectivity index (χ1v) is 6.07. The summed E-state index contributed by atoms with van der Waals surface area (Å²) in [7, 11) is 0. The third kappa shape index (κ3) is 2.71. The fourth-order valence-corrected chi connectivity index (χ4v) is 2.63. The lowest BCUT2D eigenvalue weighted by Crippen LogP contribution is -2.71. The van der Waals surface area contributed by atoms with Gasteiger partial charge in [0.15, 0.2) is 0 Å². The van der Waals surface area contributed by atoms with Crippen LogP contribution in [0.3, 0.4) is 0 Å². The molecule has 4 N–H and O–H groups in total. The van der Waals surface area contributed by atoms with Crippen LogP contribution in [0.5, 0.6) is 0 Å². The summed E-state index contributed by atoms with van der Waals surface area (Å²) < 4.78 is 10.7. The summed E-state index contributed by atoms with van der Waals surface area (Å²) >= 11 is 0. The van der Waals surface area contributed by atoms with Gasteiger partial charge in [0.2, 0.25) is 0 Å². The molecular weight excluding hydrogens is 258 g/mol. The van der Waals surface area contributed by atoms with Gasteiger partial charge < -0.3 is 40.1 Å². The van der Waals surface area contributed by atoms with Crippen LogP contribution in [0.2, 0.25) is 0 Å². The first kappa shape index (κ1) is 14.2. The Bertz CT molecular complexity index is 387. The van der Waals surface area contributed by atoms with Crippen LogP contribution in [0.25, 0.3) is 0 Å². The number of carboxylic acids is 2. The number of ether oxygens (including phenoxy) is 2. The number of aliphatic hydroxyl groups excluding tert-OH is 1. The molecule has 2 saturated heterocycles. The van der Waals surface area contributed by atoms with Crippen molar-refractivity contribution in [3.63, 3.8) is 0 Å². The normalized spacial score (nSPS) is 39.6. The maximum Gasteiger partial charge on any atom is 0.128 e. The molecule has 19 heavy (non-hydrogen) atoms. The van der Waals surface area contributed by atoms with E-state index in [1.807, 2.05) is 0 Å².